The Balaban J connectivity index is 1.79. The Kier molecular flexibility index (Phi) is 3.31. The van der Waals surface area contributed by atoms with Crippen molar-refractivity contribution in [3.05, 3.63) is 12.2 Å². The lowest BCUT2D eigenvalue weighted by molar-refractivity contribution is -0.195. The average molecular weight is 316 g/mol. The first-order valence-electron chi connectivity index (χ1n) is 9.24. The van der Waals surface area contributed by atoms with E-state index in [0.29, 0.717) is 24.0 Å². The van der Waals surface area contributed by atoms with Crippen LogP contribution in [0.2, 0.25) is 0 Å². The second-order valence-corrected chi connectivity index (χ2v) is 8.81. The first-order chi connectivity index (χ1) is 10.9. The third-order valence-corrected chi connectivity index (χ3v) is 7.78. The molecule has 0 N–H and O–H groups in total. The van der Waals surface area contributed by atoms with E-state index in [1.54, 1.807) is 0 Å². The summed E-state index contributed by atoms with van der Waals surface area (Å²) in [6.07, 6.45) is 8.03. The molecule has 0 aromatic carbocycles. The van der Waals surface area contributed by atoms with Crippen molar-refractivity contribution < 1.29 is 14.3 Å². The number of esters is 1. The van der Waals surface area contributed by atoms with E-state index in [-0.39, 0.29) is 28.8 Å². The Morgan fingerprint density at radius 2 is 2.13 bits per heavy atom. The lowest BCUT2D eigenvalue weighted by atomic mass is 9.44. The highest BCUT2D eigenvalue weighted by Gasteiger charge is 2.66. The van der Waals surface area contributed by atoms with Crippen LogP contribution in [-0.2, 0) is 14.3 Å². The molecule has 0 aliphatic heterocycles. The van der Waals surface area contributed by atoms with E-state index in [2.05, 4.69) is 13.5 Å². The minimum Gasteiger partial charge on any atom is -0.462 e. The zero-order valence-electron chi connectivity index (χ0n) is 14.4. The molecule has 4 saturated carbocycles. The third kappa shape index (κ3) is 2.01. The van der Waals surface area contributed by atoms with Crippen molar-refractivity contribution in [3.63, 3.8) is 0 Å². The summed E-state index contributed by atoms with van der Waals surface area (Å²) in [6, 6.07) is 0. The number of Topliss-reactive ketones (excluding diaryl/α,β-unsaturated/α-hetero) is 1. The maximum absolute atomic E-state index is 12.6. The lowest BCUT2D eigenvalue weighted by Crippen LogP contribution is -2.60. The number of carbonyl (C=O) groups is 2. The van der Waals surface area contributed by atoms with Crippen molar-refractivity contribution in [3.8, 4) is 0 Å². The highest BCUT2D eigenvalue weighted by Crippen LogP contribution is 2.70. The van der Waals surface area contributed by atoms with Crippen LogP contribution in [0.3, 0.4) is 0 Å². The smallest absolute Gasteiger partial charge is 0.302 e. The van der Waals surface area contributed by atoms with Crippen LogP contribution in [0.1, 0.15) is 65.2 Å². The molecule has 4 fully saturated rings. The highest BCUT2D eigenvalue weighted by molar-refractivity contribution is 5.83. The predicted octanol–water partition coefficient (Wildman–Crippen LogP) is 4.06. The van der Waals surface area contributed by atoms with Gasteiger partial charge in [-0.25, -0.2) is 0 Å². The molecule has 0 aromatic rings. The van der Waals surface area contributed by atoms with Crippen LogP contribution in [0.5, 0.6) is 0 Å². The van der Waals surface area contributed by atoms with E-state index in [4.69, 9.17) is 4.74 Å². The lowest BCUT2D eigenvalue weighted by Gasteiger charge is -2.61. The molecule has 0 unspecified atom stereocenters. The molecule has 1 spiro atoms. The minimum absolute atomic E-state index is 0.0501. The Labute approximate surface area is 138 Å². The van der Waals surface area contributed by atoms with Crippen LogP contribution in [0.15, 0.2) is 12.2 Å². The molecule has 0 heterocycles. The van der Waals surface area contributed by atoms with Crippen LogP contribution in [-0.4, -0.2) is 17.9 Å². The van der Waals surface area contributed by atoms with E-state index in [1.165, 1.54) is 25.3 Å². The molecule has 4 aliphatic carbocycles. The van der Waals surface area contributed by atoms with Crippen LogP contribution < -0.4 is 0 Å². The molecule has 2 bridgehead atoms. The number of carbonyl (C=O) groups excluding carboxylic acids is 2. The molecule has 3 nitrogen and oxygen atoms in total. The number of rotatable bonds is 1. The molecular formula is C20H28O3. The summed E-state index contributed by atoms with van der Waals surface area (Å²) in [6.45, 7) is 8.19. The number of allylic oxidation sites excluding steroid dienone is 1. The number of ether oxygens (including phenoxy) is 1. The van der Waals surface area contributed by atoms with Gasteiger partial charge >= 0.3 is 5.97 Å². The summed E-state index contributed by atoms with van der Waals surface area (Å²) in [5, 5.41) is 0. The van der Waals surface area contributed by atoms with Crippen molar-refractivity contribution in [1.82, 2.24) is 0 Å². The van der Waals surface area contributed by atoms with E-state index in [1.807, 2.05) is 0 Å². The van der Waals surface area contributed by atoms with E-state index < -0.39 is 0 Å². The summed E-state index contributed by atoms with van der Waals surface area (Å²) in [7, 11) is 0. The van der Waals surface area contributed by atoms with Crippen molar-refractivity contribution in [2.24, 2.45) is 28.6 Å². The van der Waals surface area contributed by atoms with E-state index >= 15 is 0 Å². The fourth-order valence-corrected chi connectivity index (χ4v) is 6.92. The molecule has 4 aliphatic rings. The quantitative estimate of drug-likeness (QED) is 0.541. The molecule has 3 heteroatoms. The van der Waals surface area contributed by atoms with Gasteiger partial charge in [0.1, 0.15) is 11.9 Å². The van der Waals surface area contributed by atoms with Gasteiger partial charge in [-0.2, -0.15) is 0 Å². The van der Waals surface area contributed by atoms with E-state index in [0.717, 1.165) is 32.1 Å². The summed E-state index contributed by atoms with van der Waals surface area (Å²) >= 11 is 0. The number of ketones is 1. The zero-order chi connectivity index (χ0) is 16.4. The van der Waals surface area contributed by atoms with Crippen LogP contribution in [0, 0.1) is 28.6 Å². The molecule has 6 atom stereocenters. The van der Waals surface area contributed by atoms with Gasteiger partial charge in [-0.15, -0.1) is 0 Å². The SMILES string of the molecule is C=C1C[C@]23C[C@H]1CC[C@H]2[C@]1(C)CCCC(=O)[C@H]1C[C@@H]3OC(C)=O. The van der Waals surface area contributed by atoms with Crippen LogP contribution in [0.25, 0.3) is 0 Å². The monoisotopic (exact) mass is 316 g/mol. The van der Waals surface area contributed by atoms with Gasteiger partial charge in [0.2, 0.25) is 0 Å². The van der Waals surface area contributed by atoms with Crippen molar-refractivity contribution in [1.29, 1.82) is 0 Å². The van der Waals surface area contributed by atoms with Gasteiger partial charge in [-0.3, -0.25) is 9.59 Å². The Hall–Kier alpha value is -1.12. The second-order valence-electron chi connectivity index (χ2n) is 8.81. The number of hydrogen-bond donors (Lipinski definition) is 0. The molecule has 126 valence electrons. The average Bonchev–Trinajstić information content (AvgIpc) is 2.72. The fraction of sp³-hybridized carbons (Fsp3) is 0.800. The third-order valence-electron chi connectivity index (χ3n) is 7.78. The Morgan fingerprint density at radius 3 is 2.87 bits per heavy atom. The van der Waals surface area contributed by atoms with Gasteiger partial charge in [-0.1, -0.05) is 19.1 Å². The number of hydrogen-bond acceptors (Lipinski definition) is 3. The summed E-state index contributed by atoms with van der Waals surface area (Å²) in [5.74, 6) is 1.39. The van der Waals surface area contributed by atoms with Crippen LogP contribution in [0.4, 0.5) is 0 Å². The van der Waals surface area contributed by atoms with Gasteiger partial charge in [-0.05, 0) is 62.2 Å². The molecule has 23 heavy (non-hydrogen) atoms. The molecule has 0 amide bonds. The first-order valence-corrected chi connectivity index (χ1v) is 9.24. The first kappa shape index (κ1) is 15.4. The maximum Gasteiger partial charge on any atom is 0.302 e. The molecular weight excluding hydrogens is 288 g/mol. The van der Waals surface area contributed by atoms with Crippen molar-refractivity contribution in [2.75, 3.05) is 0 Å². The van der Waals surface area contributed by atoms with Gasteiger partial charge in [0, 0.05) is 24.7 Å². The Morgan fingerprint density at radius 1 is 1.35 bits per heavy atom. The normalized spacial score (nSPS) is 48.6. The molecule has 0 aromatic heterocycles. The summed E-state index contributed by atoms with van der Waals surface area (Å²) in [4.78, 5) is 24.4. The topological polar surface area (TPSA) is 43.4 Å². The predicted molar refractivity (Wildman–Crippen MR) is 87.6 cm³/mol. The highest BCUT2D eigenvalue weighted by atomic mass is 16.5. The molecule has 0 saturated heterocycles. The van der Waals surface area contributed by atoms with Gasteiger partial charge in [0.05, 0.1) is 0 Å². The van der Waals surface area contributed by atoms with Gasteiger partial charge < -0.3 is 4.74 Å². The van der Waals surface area contributed by atoms with Gasteiger partial charge in [0.15, 0.2) is 0 Å². The van der Waals surface area contributed by atoms with Crippen molar-refractivity contribution in [2.45, 2.75) is 71.3 Å². The maximum atomic E-state index is 12.6. The standard InChI is InChI=1S/C20H28O3/c1-12-10-20-11-14(12)6-7-17(20)19(3)8-4-5-16(22)15(19)9-18(20)23-13(2)21/h14-15,17-18H,1,4-11H2,2-3H3/t14-,15-,17+,18+,19-,20+/m1/s1. The zero-order valence-corrected chi connectivity index (χ0v) is 14.4. The fourth-order valence-electron chi connectivity index (χ4n) is 6.92. The largest absolute Gasteiger partial charge is 0.462 e. The van der Waals surface area contributed by atoms with E-state index in [9.17, 15) is 9.59 Å². The van der Waals surface area contributed by atoms with Crippen LogP contribution >= 0.6 is 0 Å². The molecule has 0 radical (unpaired) electrons. The minimum atomic E-state index is -0.199. The summed E-state index contributed by atoms with van der Waals surface area (Å²) in [5.41, 5.74) is 1.50. The number of fused-ring (bicyclic) bond motifs is 3. The van der Waals surface area contributed by atoms with Gasteiger partial charge in [0.25, 0.3) is 0 Å². The summed E-state index contributed by atoms with van der Waals surface area (Å²) < 4.78 is 5.84. The Bertz CT molecular complexity index is 579. The van der Waals surface area contributed by atoms with Crippen molar-refractivity contribution >= 4 is 11.8 Å². The molecule has 4 rings (SSSR count). The second kappa shape index (κ2) is 4.94.